The van der Waals surface area contributed by atoms with E-state index in [1.165, 1.54) is 0 Å². The Kier molecular flexibility index (Phi) is 4.02. The maximum atomic E-state index is 5.22. The van der Waals surface area contributed by atoms with Crippen LogP contribution in [0.5, 0.6) is 5.75 Å². The quantitative estimate of drug-likeness (QED) is 0.773. The van der Waals surface area contributed by atoms with Crippen molar-refractivity contribution >= 4 is 11.9 Å². The summed E-state index contributed by atoms with van der Waals surface area (Å²) in [6, 6.07) is 9.52. The highest BCUT2D eigenvalue weighted by Crippen LogP contribution is 2.25. The number of hydrogen-bond acceptors (Lipinski definition) is 4. The van der Waals surface area contributed by atoms with E-state index in [1.54, 1.807) is 19.5 Å². The van der Waals surface area contributed by atoms with E-state index < -0.39 is 0 Å². The van der Waals surface area contributed by atoms with Gasteiger partial charge in [-0.3, -0.25) is 4.99 Å². The van der Waals surface area contributed by atoms with Crippen LogP contribution in [0.25, 0.3) is 0 Å². The number of aromatic nitrogens is 2. The van der Waals surface area contributed by atoms with Crippen LogP contribution in [0.2, 0.25) is 0 Å². The highest BCUT2D eigenvalue weighted by atomic mass is 16.5. The van der Waals surface area contributed by atoms with Gasteiger partial charge in [0.15, 0.2) is 0 Å². The standard InChI is InChI=1S/C14H15N3O/c1-11-7-9-16-14(17-11)8-10-15-12-5-3-4-6-13(12)18-2/h3-7,9-10H,8H2,1-2H3. The first-order chi connectivity index (χ1) is 8.79. The van der Waals surface area contributed by atoms with E-state index in [0.717, 1.165) is 23.0 Å². The van der Waals surface area contributed by atoms with Crippen LogP contribution in [0.1, 0.15) is 11.5 Å². The fourth-order valence-corrected chi connectivity index (χ4v) is 1.56. The minimum atomic E-state index is 0.611. The predicted octanol–water partition coefficient (Wildman–Crippen LogP) is 2.74. The summed E-state index contributed by atoms with van der Waals surface area (Å²) in [5.41, 5.74) is 1.78. The molecule has 4 heteroatoms. The van der Waals surface area contributed by atoms with Crippen molar-refractivity contribution in [3.63, 3.8) is 0 Å². The van der Waals surface area contributed by atoms with Gasteiger partial charge in [-0.15, -0.1) is 0 Å². The fourth-order valence-electron chi connectivity index (χ4n) is 1.56. The third kappa shape index (κ3) is 3.13. The fraction of sp³-hybridized carbons (Fsp3) is 0.214. The minimum absolute atomic E-state index is 0.611. The summed E-state index contributed by atoms with van der Waals surface area (Å²) in [7, 11) is 1.64. The van der Waals surface area contributed by atoms with Crippen LogP contribution in [0, 0.1) is 6.92 Å². The molecule has 0 atom stereocenters. The molecular weight excluding hydrogens is 226 g/mol. The molecule has 1 aromatic carbocycles. The molecule has 0 N–H and O–H groups in total. The number of para-hydroxylation sites is 2. The van der Waals surface area contributed by atoms with Crippen molar-refractivity contribution in [1.29, 1.82) is 0 Å². The van der Waals surface area contributed by atoms with Crippen molar-refractivity contribution < 1.29 is 4.74 Å². The van der Waals surface area contributed by atoms with Crippen molar-refractivity contribution in [3.8, 4) is 5.75 Å². The van der Waals surface area contributed by atoms with Crippen LogP contribution in [0.15, 0.2) is 41.5 Å². The van der Waals surface area contributed by atoms with Gasteiger partial charge in [-0.2, -0.15) is 0 Å². The van der Waals surface area contributed by atoms with E-state index in [4.69, 9.17) is 4.74 Å². The Hall–Kier alpha value is -2.23. The molecule has 0 radical (unpaired) electrons. The van der Waals surface area contributed by atoms with Crippen LogP contribution < -0.4 is 4.74 Å². The lowest BCUT2D eigenvalue weighted by atomic mass is 10.3. The lowest BCUT2D eigenvalue weighted by Crippen LogP contribution is -1.96. The molecule has 18 heavy (non-hydrogen) atoms. The van der Waals surface area contributed by atoms with Crippen molar-refractivity contribution in [2.24, 2.45) is 4.99 Å². The summed E-state index contributed by atoms with van der Waals surface area (Å²) in [5, 5.41) is 0. The Morgan fingerprint density at radius 3 is 2.89 bits per heavy atom. The third-order valence-electron chi connectivity index (χ3n) is 2.43. The van der Waals surface area contributed by atoms with E-state index in [9.17, 15) is 0 Å². The van der Waals surface area contributed by atoms with Gasteiger partial charge < -0.3 is 4.74 Å². The van der Waals surface area contributed by atoms with Crippen LogP contribution in [-0.4, -0.2) is 23.3 Å². The number of methoxy groups -OCH3 is 1. The lowest BCUT2D eigenvalue weighted by Gasteiger charge is -2.02. The van der Waals surface area contributed by atoms with Gasteiger partial charge in [0.2, 0.25) is 0 Å². The summed E-state index contributed by atoms with van der Waals surface area (Å²) in [6.45, 7) is 1.95. The first-order valence-corrected chi connectivity index (χ1v) is 5.73. The highest BCUT2D eigenvalue weighted by Gasteiger charge is 1.98. The molecule has 0 aliphatic rings. The maximum Gasteiger partial charge on any atom is 0.144 e. The van der Waals surface area contributed by atoms with E-state index in [-0.39, 0.29) is 0 Å². The molecule has 0 saturated heterocycles. The summed E-state index contributed by atoms with van der Waals surface area (Å²) >= 11 is 0. The van der Waals surface area contributed by atoms with Crippen LogP contribution >= 0.6 is 0 Å². The Labute approximate surface area is 106 Å². The molecule has 1 heterocycles. The Bertz CT molecular complexity index is 552. The number of aryl methyl sites for hydroxylation is 1. The van der Waals surface area contributed by atoms with E-state index in [0.29, 0.717) is 6.42 Å². The Balaban J connectivity index is 2.07. The molecule has 0 aliphatic heterocycles. The molecule has 2 rings (SSSR count). The van der Waals surface area contributed by atoms with E-state index in [2.05, 4.69) is 15.0 Å². The van der Waals surface area contributed by atoms with Gasteiger partial charge in [0.1, 0.15) is 17.3 Å². The van der Waals surface area contributed by atoms with Crippen LogP contribution in [0.3, 0.4) is 0 Å². The lowest BCUT2D eigenvalue weighted by molar-refractivity contribution is 0.416. The molecule has 0 bridgehead atoms. The van der Waals surface area contributed by atoms with Gasteiger partial charge in [0.05, 0.1) is 7.11 Å². The van der Waals surface area contributed by atoms with Crippen molar-refractivity contribution in [3.05, 3.63) is 48.0 Å². The first-order valence-electron chi connectivity index (χ1n) is 5.73. The first kappa shape index (κ1) is 12.2. The normalized spacial score (nSPS) is 10.8. The molecule has 2 aromatic rings. The second-order valence-corrected chi connectivity index (χ2v) is 3.80. The Morgan fingerprint density at radius 1 is 1.28 bits per heavy atom. The average molecular weight is 241 g/mol. The maximum absolute atomic E-state index is 5.22. The Morgan fingerprint density at radius 2 is 2.11 bits per heavy atom. The molecule has 0 spiro atoms. The summed E-state index contributed by atoms with van der Waals surface area (Å²) < 4.78 is 5.22. The smallest absolute Gasteiger partial charge is 0.144 e. The SMILES string of the molecule is COc1ccccc1N=CCc1nccc(C)n1. The van der Waals surface area contributed by atoms with Crippen LogP contribution in [0.4, 0.5) is 5.69 Å². The van der Waals surface area contributed by atoms with Crippen molar-refractivity contribution in [2.75, 3.05) is 7.11 Å². The van der Waals surface area contributed by atoms with E-state index in [1.807, 2.05) is 37.3 Å². The number of hydrogen-bond donors (Lipinski definition) is 0. The van der Waals surface area contributed by atoms with Gasteiger partial charge >= 0.3 is 0 Å². The average Bonchev–Trinajstić information content (AvgIpc) is 2.39. The number of benzene rings is 1. The topological polar surface area (TPSA) is 47.4 Å². The highest BCUT2D eigenvalue weighted by molar-refractivity contribution is 5.67. The third-order valence-corrected chi connectivity index (χ3v) is 2.43. The van der Waals surface area contributed by atoms with Gasteiger partial charge in [0, 0.05) is 24.5 Å². The summed E-state index contributed by atoms with van der Waals surface area (Å²) in [6.07, 6.45) is 4.17. The zero-order valence-electron chi connectivity index (χ0n) is 10.5. The van der Waals surface area contributed by atoms with Gasteiger partial charge in [-0.05, 0) is 25.1 Å². The molecular formula is C14H15N3O. The zero-order valence-corrected chi connectivity index (χ0v) is 10.5. The summed E-state index contributed by atoms with van der Waals surface area (Å²) in [4.78, 5) is 12.9. The molecule has 0 unspecified atom stereocenters. The number of nitrogens with zero attached hydrogens (tertiary/aromatic N) is 3. The second kappa shape index (κ2) is 5.91. The van der Waals surface area contributed by atoms with Gasteiger partial charge in [0.25, 0.3) is 0 Å². The zero-order chi connectivity index (χ0) is 12.8. The summed E-state index contributed by atoms with van der Waals surface area (Å²) in [5.74, 6) is 1.53. The van der Waals surface area contributed by atoms with Gasteiger partial charge in [-0.1, -0.05) is 12.1 Å². The largest absolute Gasteiger partial charge is 0.494 e. The molecule has 92 valence electrons. The molecule has 0 fully saturated rings. The molecule has 0 aliphatic carbocycles. The predicted molar refractivity (Wildman–Crippen MR) is 71.6 cm³/mol. The monoisotopic (exact) mass is 241 g/mol. The van der Waals surface area contributed by atoms with Crippen molar-refractivity contribution in [1.82, 2.24) is 9.97 Å². The molecule has 1 aromatic heterocycles. The van der Waals surface area contributed by atoms with Gasteiger partial charge in [-0.25, -0.2) is 9.97 Å². The van der Waals surface area contributed by atoms with Crippen LogP contribution in [-0.2, 0) is 6.42 Å². The molecule has 0 saturated carbocycles. The molecule has 0 amide bonds. The number of aliphatic imine (C=N–C) groups is 1. The molecule has 4 nitrogen and oxygen atoms in total. The number of rotatable bonds is 4. The van der Waals surface area contributed by atoms with Crippen molar-refractivity contribution in [2.45, 2.75) is 13.3 Å². The minimum Gasteiger partial charge on any atom is -0.494 e. The second-order valence-electron chi connectivity index (χ2n) is 3.80. The van der Waals surface area contributed by atoms with E-state index >= 15 is 0 Å². The number of ether oxygens (including phenoxy) is 1.